The van der Waals surface area contributed by atoms with E-state index >= 15 is 0 Å². The van der Waals surface area contributed by atoms with Crippen molar-refractivity contribution >= 4 is 34.2 Å². The molecule has 2 N–H and O–H groups in total. The number of anilines is 1. The van der Waals surface area contributed by atoms with E-state index in [0.717, 1.165) is 34.2 Å². The number of methoxy groups -OCH3 is 2. The molecule has 0 fully saturated rings. The van der Waals surface area contributed by atoms with Crippen LogP contribution >= 0.6 is 0 Å². The summed E-state index contributed by atoms with van der Waals surface area (Å²) in [5, 5.41) is 3.36. The second-order valence-electron chi connectivity index (χ2n) is 6.96. The van der Waals surface area contributed by atoms with Gasteiger partial charge in [0.25, 0.3) is 0 Å². The van der Waals surface area contributed by atoms with E-state index in [2.05, 4.69) is 5.32 Å². The second-order valence-corrected chi connectivity index (χ2v) is 7.89. The molecule has 0 aliphatic carbocycles. The van der Waals surface area contributed by atoms with Gasteiger partial charge in [-0.2, -0.15) is 0 Å². The van der Waals surface area contributed by atoms with Gasteiger partial charge in [-0.1, -0.05) is 48.5 Å². The van der Waals surface area contributed by atoms with E-state index in [0.29, 0.717) is 23.6 Å². The largest absolute Gasteiger partial charge is 0.497 e. The van der Waals surface area contributed by atoms with Crippen molar-refractivity contribution in [1.82, 2.24) is 0 Å². The van der Waals surface area contributed by atoms with E-state index in [4.69, 9.17) is 14.0 Å². The van der Waals surface area contributed by atoms with Crippen LogP contribution in [0, 0.1) is 0 Å². The number of carbonyl (C=O) groups is 1. The van der Waals surface area contributed by atoms with Gasteiger partial charge in [0.05, 0.1) is 25.7 Å². The SMILES string of the molecule is COc1ccc(/C(C=O)=C(/CNc2ccccc2OC)c2ccc(CS(=O)O)cc2)cc1. The van der Waals surface area contributed by atoms with Crippen LogP contribution in [0.1, 0.15) is 16.7 Å². The molecule has 7 heteroatoms. The predicted octanol–water partition coefficient (Wildman–Crippen LogP) is 4.65. The van der Waals surface area contributed by atoms with Crippen LogP contribution in [0.4, 0.5) is 5.69 Å². The summed E-state index contributed by atoms with van der Waals surface area (Å²) in [5.41, 5.74) is 4.46. The number of hydrogen-bond donors (Lipinski definition) is 2. The Morgan fingerprint density at radius 2 is 1.59 bits per heavy atom. The molecule has 32 heavy (non-hydrogen) atoms. The number of carbonyl (C=O) groups excluding carboxylic acids is 1. The summed E-state index contributed by atoms with van der Waals surface area (Å²) in [6, 6.07) is 22.2. The Balaban J connectivity index is 2.03. The maximum Gasteiger partial charge on any atom is 0.157 e. The van der Waals surface area contributed by atoms with Crippen molar-refractivity contribution < 1.29 is 23.0 Å². The van der Waals surface area contributed by atoms with Gasteiger partial charge in [-0.3, -0.25) is 4.79 Å². The molecule has 3 rings (SSSR count). The van der Waals surface area contributed by atoms with Crippen molar-refractivity contribution in [3.8, 4) is 11.5 Å². The average molecular weight is 452 g/mol. The van der Waals surface area contributed by atoms with Crippen LogP contribution in [-0.2, 0) is 21.6 Å². The number of allylic oxidation sites excluding steroid dienone is 1. The standard InChI is InChI=1S/C25H25NO5S/c1-30-21-13-11-20(12-14-21)23(16-27)22(15-26-24-5-3-4-6-25(24)31-2)19-9-7-18(8-10-19)17-32(28)29/h3-14,16,26H,15,17H2,1-2H3,(H,28,29)/b23-22-. The molecule has 0 spiro atoms. The number of nitrogens with one attached hydrogen (secondary N) is 1. The molecule has 0 saturated carbocycles. The zero-order valence-electron chi connectivity index (χ0n) is 17.9. The molecular formula is C25H25NO5S. The summed E-state index contributed by atoms with van der Waals surface area (Å²) in [5.74, 6) is 1.46. The molecule has 1 atom stereocenters. The molecule has 0 radical (unpaired) electrons. The van der Waals surface area contributed by atoms with Gasteiger partial charge in [0.1, 0.15) is 11.5 Å². The number of benzene rings is 3. The summed E-state index contributed by atoms with van der Waals surface area (Å²) in [7, 11) is 3.20. The Bertz CT molecular complexity index is 1110. The van der Waals surface area contributed by atoms with Crippen LogP contribution in [0.25, 0.3) is 11.1 Å². The van der Waals surface area contributed by atoms with Crippen molar-refractivity contribution in [2.75, 3.05) is 26.1 Å². The van der Waals surface area contributed by atoms with E-state index in [1.807, 2.05) is 60.7 Å². The second kappa shape index (κ2) is 11.3. The fraction of sp³-hybridized carbons (Fsp3) is 0.160. The maximum atomic E-state index is 12.2. The van der Waals surface area contributed by atoms with Gasteiger partial charge in [-0.05, 0) is 46.5 Å². The van der Waals surface area contributed by atoms with Crippen molar-refractivity contribution in [3.63, 3.8) is 0 Å². The normalized spacial score (nSPS) is 12.5. The molecule has 0 bridgehead atoms. The Kier molecular flexibility index (Phi) is 8.19. The third-order valence-electron chi connectivity index (χ3n) is 5.00. The number of rotatable bonds is 10. The number of ether oxygens (including phenoxy) is 2. The lowest BCUT2D eigenvalue weighted by atomic mass is 9.94. The summed E-state index contributed by atoms with van der Waals surface area (Å²) < 4.78 is 30.9. The minimum absolute atomic E-state index is 0.0534. The first-order valence-corrected chi connectivity index (χ1v) is 11.2. The van der Waals surface area contributed by atoms with Gasteiger partial charge in [-0.25, -0.2) is 4.21 Å². The van der Waals surface area contributed by atoms with Crippen LogP contribution in [0.5, 0.6) is 11.5 Å². The molecule has 0 aliphatic rings. The lowest BCUT2D eigenvalue weighted by Gasteiger charge is -2.17. The van der Waals surface area contributed by atoms with Gasteiger partial charge < -0.3 is 19.3 Å². The first-order valence-electron chi connectivity index (χ1n) is 9.92. The van der Waals surface area contributed by atoms with Crippen molar-refractivity contribution in [2.45, 2.75) is 5.75 Å². The molecule has 166 valence electrons. The first-order chi connectivity index (χ1) is 15.5. The number of aldehydes is 1. The minimum Gasteiger partial charge on any atom is -0.497 e. The number of hydrogen-bond acceptors (Lipinski definition) is 5. The molecule has 1 unspecified atom stereocenters. The van der Waals surface area contributed by atoms with Crippen molar-refractivity contribution in [2.24, 2.45) is 0 Å². The molecule has 0 saturated heterocycles. The van der Waals surface area contributed by atoms with Crippen LogP contribution in [0.3, 0.4) is 0 Å². The number of para-hydroxylation sites is 2. The third kappa shape index (κ3) is 5.84. The van der Waals surface area contributed by atoms with E-state index in [1.165, 1.54) is 0 Å². The smallest absolute Gasteiger partial charge is 0.157 e. The molecule has 0 aromatic heterocycles. The Hall–Kier alpha value is -3.42. The van der Waals surface area contributed by atoms with Gasteiger partial charge in [0.2, 0.25) is 0 Å². The zero-order valence-corrected chi connectivity index (χ0v) is 18.7. The molecule has 6 nitrogen and oxygen atoms in total. The van der Waals surface area contributed by atoms with Crippen LogP contribution in [-0.4, -0.2) is 35.8 Å². The Labute approximate surface area is 190 Å². The van der Waals surface area contributed by atoms with Crippen molar-refractivity contribution in [1.29, 1.82) is 0 Å². The lowest BCUT2D eigenvalue weighted by Crippen LogP contribution is -2.08. The Morgan fingerprint density at radius 1 is 0.938 bits per heavy atom. The fourth-order valence-corrected chi connectivity index (χ4v) is 3.83. The average Bonchev–Trinajstić information content (AvgIpc) is 2.82. The summed E-state index contributed by atoms with van der Waals surface area (Å²) in [4.78, 5) is 12.2. The van der Waals surface area contributed by atoms with Crippen LogP contribution in [0.2, 0.25) is 0 Å². The molecule has 0 aliphatic heterocycles. The van der Waals surface area contributed by atoms with E-state index in [1.54, 1.807) is 26.4 Å². The van der Waals surface area contributed by atoms with Gasteiger partial charge in [0.15, 0.2) is 17.4 Å². The van der Waals surface area contributed by atoms with Gasteiger partial charge >= 0.3 is 0 Å². The first kappa shape index (κ1) is 23.2. The van der Waals surface area contributed by atoms with Crippen LogP contribution in [0.15, 0.2) is 72.8 Å². The zero-order chi connectivity index (χ0) is 22.9. The highest BCUT2D eigenvalue weighted by Gasteiger charge is 2.13. The van der Waals surface area contributed by atoms with E-state index in [-0.39, 0.29) is 5.75 Å². The van der Waals surface area contributed by atoms with Gasteiger partial charge in [-0.15, -0.1) is 0 Å². The highest BCUT2D eigenvalue weighted by Crippen LogP contribution is 2.29. The minimum atomic E-state index is -1.92. The van der Waals surface area contributed by atoms with Crippen molar-refractivity contribution in [3.05, 3.63) is 89.5 Å². The molecule has 3 aromatic rings. The summed E-state index contributed by atoms with van der Waals surface area (Å²) in [6.45, 7) is 0.367. The molecule has 3 aromatic carbocycles. The summed E-state index contributed by atoms with van der Waals surface area (Å²) >= 11 is -1.92. The topological polar surface area (TPSA) is 84.9 Å². The fourth-order valence-electron chi connectivity index (χ4n) is 3.36. The lowest BCUT2D eigenvalue weighted by molar-refractivity contribution is -0.103. The van der Waals surface area contributed by atoms with E-state index < -0.39 is 11.1 Å². The summed E-state index contributed by atoms with van der Waals surface area (Å²) in [6.07, 6.45) is 0.845. The van der Waals surface area contributed by atoms with Gasteiger partial charge in [0, 0.05) is 12.1 Å². The predicted molar refractivity (Wildman–Crippen MR) is 128 cm³/mol. The molecule has 0 amide bonds. The monoisotopic (exact) mass is 451 g/mol. The Morgan fingerprint density at radius 3 is 2.19 bits per heavy atom. The highest BCUT2D eigenvalue weighted by atomic mass is 32.2. The maximum absolute atomic E-state index is 12.2. The third-order valence-corrected chi connectivity index (χ3v) is 5.58. The van der Waals surface area contributed by atoms with E-state index in [9.17, 15) is 9.00 Å². The highest BCUT2D eigenvalue weighted by molar-refractivity contribution is 7.78. The quantitative estimate of drug-likeness (QED) is 0.202. The van der Waals surface area contributed by atoms with Crippen LogP contribution < -0.4 is 14.8 Å². The molecular weight excluding hydrogens is 426 g/mol. The molecule has 0 heterocycles.